The summed E-state index contributed by atoms with van der Waals surface area (Å²) in [6.45, 7) is 6.44. The molecule has 1 aromatic rings. The van der Waals surface area contributed by atoms with Crippen LogP contribution >= 0.6 is 0 Å². The second-order valence-corrected chi connectivity index (χ2v) is 5.66. The zero-order valence-corrected chi connectivity index (χ0v) is 13.6. The first-order valence-electron chi connectivity index (χ1n) is 8.23. The van der Waals surface area contributed by atoms with Gasteiger partial charge in [-0.1, -0.05) is 50.1 Å². The van der Waals surface area contributed by atoms with E-state index in [1.165, 1.54) is 18.4 Å². The highest BCUT2D eigenvalue weighted by Gasteiger charge is 2.15. The van der Waals surface area contributed by atoms with Crippen LogP contribution in [0.2, 0.25) is 0 Å². The van der Waals surface area contributed by atoms with Gasteiger partial charge in [0.15, 0.2) is 0 Å². The number of nitrogens with two attached hydrogens (primary N) is 1. The van der Waals surface area contributed by atoms with Gasteiger partial charge in [0.1, 0.15) is 0 Å². The quantitative estimate of drug-likeness (QED) is 0.716. The lowest BCUT2D eigenvalue weighted by Crippen LogP contribution is -2.30. The van der Waals surface area contributed by atoms with Crippen LogP contribution in [-0.2, 0) is 11.3 Å². The molecule has 1 unspecified atom stereocenters. The van der Waals surface area contributed by atoms with Gasteiger partial charge in [-0.15, -0.1) is 0 Å². The zero-order valence-electron chi connectivity index (χ0n) is 13.6. The van der Waals surface area contributed by atoms with Crippen molar-refractivity contribution in [2.24, 2.45) is 11.7 Å². The van der Waals surface area contributed by atoms with Crippen molar-refractivity contribution in [2.75, 3.05) is 13.1 Å². The molecular weight excluding hydrogens is 260 g/mol. The first-order valence-corrected chi connectivity index (χ1v) is 8.23. The van der Waals surface area contributed by atoms with E-state index < -0.39 is 0 Å². The van der Waals surface area contributed by atoms with Gasteiger partial charge in [-0.2, -0.15) is 0 Å². The Kier molecular flexibility index (Phi) is 8.76. The largest absolute Gasteiger partial charge is 0.339 e. The highest BCUT2D eigenvalue weighted by molar-refractivity contribution is 5.76. The van der Waals surface area contributed by atoms with Gasteiger partial charge in [-0.25, -0.2) is 0 Å². The van der Waals surface area contributed by atoms with Crippen LogP contribution in [0.4, 0.5) is 0 Å². The van der Waals surface area contributed by atoms with Crippen molar-refractivity contribution in [2.45, 2.75) is 52.5 Å². The van der Waals surface area contributed by atoms with E-state index in [1.807, 2.05) is 30.0 Å². The summed E-state index contributed by atoms with van der Waals surface area (Å²) in [7, 11) is 0. The highest BCUT2D eigenvalue weighted by Crippen LogP contribution is 2.18. The SMILES string of the molecule is CCCC(CCN)CCC(=O)N(CC)Cc1ccccc1. The summed E-state index contributed by atoms with van der Waals surface area (Å²) in [5.74, 6) is 0.860. The molecule has 3 nitrogen and oxygen atoms in total. The Morgan fingerprint density at radius 2 is 1.86 bits per heavy atom. The van der Waals surface area contributed by atoms with Crippen LogP contribution in [0.15, 0.2) is 30.3 Å². The van der Waals surface area contributed by atoms with Crippen molar-refractivity contribution < 1.29 is 4.79 Å². The van der Waals surface area contributed by atoms with Gasteiger partial charge < -0.3 is 10.6 Å². The summed E-state index contributed by atoms with van der Waals surface area (Å²) in [6.07, 6.45) is 4.99. The summed E-state index contributed by atoms with van der Waals surface area (Å²) >= 11 is 0. The van der Waals surface area contributed by atoms with Crippen LogP contribution in [0.1, 0.15) is 51.5 Å². The van der Waals surface area contributed by atoms with Crippen LogP contribution in [0.3, 0.4) is 0 Å². The van der Waals surface area contributed by atoms with Crippen molar-refractivity contribution in [3.63, 3.8) is 0 Å². The molecule has 0 aliphatic heterocycles. The fourth-order valence-electron chi connectivity index (χ4n) is 2.74. The number of carbonyl (C=O) groups excluding carboxylic acids is 1. The lowest BCUT2D eigenvalue weighted by molar-refractivity contribution is -0.132. The van der Waals surface area contributed by atoms with Crippen LogP contribution in [-0.4, -0.2) is 23.9 Å². The molecule has 0 radical (unpaired) electrons. The average molecular weight is 290 g/mol. The van der Waals surface area contributed by atoms with Crippen LogP contribution in [0, 0.1) is 5.92 Å². The van der Waals surface area contributed by atoms with Crippen molar-refractivity contribution in [3.8, 4) is 0 Å². The summed E-state index contributed by atoms with van der Waals surface area (Å²) in [5, 5.41) is 0. The minimum atomic E-state index is 0.263. The van der Waals surface area contributed by atoms with Gasteiger partial charge in [-0.3, -0.25) is 4.79 Å². The Labute approximate surface area is 129 Å². The maximum Gasteiger partial charge on any atom is 0.222 e. The molecule has 118 valence electrons. The molecule has 1 atom stereocenters. The Hall–Kier alpha value is -1.35. The van der Waals surface area contributed by atoms with E-state index >= 15 is 0 Å². The van der Waals surface area contributed by atoms with Gasteiger partial charge in [0.05, 0.1) is 0 Å². The molecule has 21 heavy (non-hydrogen) atoms. The summed E-state index contributed by atoms with van der Waals surface area (Å²) in [6, 6.07) is 10.2. The van der Waals surface area contributed by atoms with E-state index in [9.17, 15) is 4.79 Å². The van der Waals surface area contributed by atoms with Crippen molar-refractivity contribution in [1.82, 2.24) is 4.90 Å². The molecule has 0 fully saturated rings. The van der Waals surface area contributed by atoms with E-state index in [-0.39, 0.29) is 5.91 Å². The molecule has 1 rings (SSSR count). The van der Waals surface area contributed by atoms with Gasteiger partial charge in [0.2, 0.25) is 5.91 Å². The van der Waals surface area contributed by atoms with E-state index in [0.29, 0.717) is 18.9 Å². The summed E-state index contributed by atoms with van der Waals surface area (Å²) < 4.78 is 0. The summed E-state index contributed by atoms with van der Waals surface area (Å²) in [5.41, 5.74) is 6.85. The molecule has 0 saturated carbocycles. The number of nitrogens with zero attached hydrogens (tertiary/aromatic N) is 1. The zero-order chi connectivity index (χ0) is 15.5. The fourth-order valence-corrected chi connectivity index (χ4v) is 2.74. The molecule has 0 heterocycles. The molecule has 0 aliphatic carbocycles. The maximum absolute atomic E-state index is 12.4. The van der Waals surface area contributed by atoms with Crippen molar-refractivity contribution >= 4 is 5.91 Å². The van der Waals surface area contributed by atoms with E-state index in [1.54, 1.807) is 0 Å². The van der Waals surface area contributed by atoms with Crippen LogP contribution in [0.25, 0.3) is 0 Å². The third kappa shape index (κ3) is 6.76. The lowest BCUT2D eigenvalue weighted by atomic mass is 9.94. The van der Waals surface area contributed by atoms with Gasteiger partial charge in [0.25, 0.3) is 0 Å². The number of carbonyl (C=O) groups is 1. The van der Waals surface area contributed by atoms with Crippen molar-refractivity contribution in [1.29, 1.82) is 0 Å². The number of benzene rings is 1. The number of hydrogen-bond donors (Lipinski definition) is 1. The lowest BCUT2D eigenvalue weighted by Gasteiger charge is -2.22. The molecule has 2 N–H and O–H groups in total. The Balaban J connectivity index is 2.47. The van der Waals surface area contributed by atoms with Gasteiger partial charge >= 0.3 is 0 Å². The molecule has 3 heteroatoms. The average Bonchev–Trinajstić information content (AvgIpc) is 2.51. The van der Waals surface area contributed by atoms with Gasteiger partial charge in [0, 0.05) is 19.5 Å². The smallest absolute Gasteiger partial charge is 0.222 e. The highest BCUT2D eigenvalue weighted by atomic mass is 16.2. The minimum Gasteiger partial charge on any atom is -0.339 e. The molecule has 0 aromatic heterocycles. The minimum absolute atomic E-state index is 0.263. The summed E-state index contributed by atoms with van der Waals surface area (Å²) in [4.78, 5) is 14.3. The van der Waals surface area contributed by atoms with E-state index in [2.05, 4.69) is 19.1 Å². The predicted octanol–water partition coefficient (Wildman–Crippen LogP) is 3.58. The number of hydrogen-bond acceptors (Lipinski definition) is 2. The molecule has 0 saturated heterocycles. The third-order valence-electron chi connectivity index (χ3n) is 3.99. The number of rotatable bonds is 10. The molecule has 0 aliphatic rings. The van der Waals surface area contributed by atoms with E-state index in [0.717, 1.165) is 25.9 Å². The Bertz CT molecular complexity index is 385. The molecule has 1 aromatic carbocycles. The maximum atomic E-state index is 12.4. The second kappa shape index (κ2) is 10.4. The second-order valence-electron chi connectivity index (χ2n) is 5.66. The Morgan fingerprint density at radius 1 is 1.14 bits per heavy atom. The first-order chi connectivity index (χ1) is 10.2. The topological polar surface area (TPSA) is 46.3 Å². The van der Waals surface area contributed by atoms with Crippen LogP contribution in [0.5, 0.6) is 0 Å². The van der Waals surface area contributed by atoms with E-state index in [4.69, 9.17) is 5.73 Å². The first kappa shape index (κ1) is 17.7. The molecule has 1 amide bonds. The number of amides is 1. The van der Waals surface area contributed by atoms with Crippen LogP contribution < -0.4 is 5.73 Å². The normalized spacial score (nSPS) is 12.1. The monoisotopic (exact) mass is 290 g/mol. The fraction of sp³-hybridized carbons (Fsp3) is 0.611. The molecule has 0 spiro atoms. The van der Waals surface area contributed by atoms with Gasteiger partial charge in [-0.05, 0) is 37.8 Å². The molecule has 0 bridgehead atoms. The molecular formula is C18H30N2O. The van der Waals surface area contributed by atoms with Crippen molar-refractivity contribution in [3.05, 3.63) is 35.9 Å². The third-order valence-corrected chi connectivity index (χ3v) is 3.99. The Morgan fingerprint density at radius 3 is 2.43 bits per heavy atom. The predicted molar refractivity (Wildman–Crippen MR) is 88.8 cm³/mol. The standard InChI is InChI=1S/C18H30N2O/c1-3-8-16(13-14-19)11-12-18(21)20(4-2)15-17-9-6-5-7-10-17/h5-7,9-10,16H,3-4,8,11-15,19H2,1-2H3.